The molecule has 0 amide bonds. The lowest BCUT2D eigenvalue weighted by Gasteiger charge is -2.05. The van der Waals surface area contributed by atoms with Gasteiger partial charge in [-0.15, -0.1) is 0 Å². The minimum Gasteiger partial charge on any atom is -0.314 e. The van der Waals surface area contributed by atoms with Crippen LogP contribution in [0, 0.1) is 5.82 Å². The van der Waals surface area contributed by atoms with Crippen molar-refractivity contribution in [1.82, 2.24) is 15.3 Å². The SMILES string of the molecule is CNCc1cc(=O)[nH]c(-c2ccc(F)c(Cl)c2)n1. The van der Waals surface area contributed by atoms with Crippen LogP contribution in [0.1, 0.15) is 5.69 Å². The summed E-state index contributed by atoms with van der Waals surface area (Å²) in [5.41, 5.74) is 0.916. The second-order valence-corrected chi connectivity index (χ2v) is 4.15. The highest BCUT2D eigenvalue weighted by molar-refractivity contribution is 6.31. The van der Waals surface area contributed by atoms with Crippen LogP contribution in [0.5, 0.6) is 0 Å². The largest absolute Gasteiger partial charge is 0.314 e. The first-order chi connectivity index (χ1) is 8.60. The van der Waals surface area contributed by atoms with E-state index in [1.807, 2.05) is 0 Å². The molecular formula is C12H11ClFN3O. The molecule has 0 atom stereocenters. The Morgan fingerprint density at radius 2 is 2.22 bits per heavy atom. The smallest absolute Gasteiger partial charge is 0.251 e. The molecule has 18 heavy (non-hydrogen) atoms. The number of hydrogen-bond donors (Lipinski definition) is 2. The number of hydrogen-bond acceptors (Lipinski definition) is 3. The fourth-order valence-corrected chi connectivity index (χ4v) is 1.74. The molecule has 0 saturated heterocycles. The summed E-state index contributed by atoms with van der Waals surface area (Å²) in [5, 5.41) is 2.90. The van der Waals surface area contributed by atoms with E-state index in [-0.39, 0.29) is 10.6 Å². The van der Waals surface area contributed by atoms with Gasteiger partial charge in [0, 0.05) is 18.2 Å². The second kappa shape index (κ2) is 5.29. The first-order valence-corrected chi connectivity index (χ1v) is 5.68. The Morgan fingerprint density at radius 3 is 2.89 bits per heavy atom. The molecule has 2 aromatic rings. The highest BCUT2D eigenvalue weighted by Gasteiger charge is 2.06. The molecule has 1 aromatic heterocycles. The summed E-state index contributed by atoms with van der Waals surface area (Å²) in [6.07, 6.45) is 0. The van der Waals surface area contributed by atoms with Gasteiger partial charge in [-0.05, 0) is 25.2 Å². The zero-order valence-electron chi connectivity index (χ0n) is 9.63. The Morgan fingerprint density at radius 1 is 1.44 bits per heavy atom. The fourth-order valence-electron chi connectivity index (χ4n) is 1.56. The van der Waals surface area contributed by atoms with Crippen molar-refractivity contribution in [3.05, 3.63) is 51.2 Å². The maximum absolute atomic E-state index is 13.1. The molecule has 6 heteroatoms. The van der Waals surface area contributed by atoms with E-state index in [0.29, 0.717) is 23.6 Å². The normalized spacial score (nSPS) is 10.6. The molecule has 0 spiro atoms. The Bertz CT molecular complexity index is 627. The first-order valence-electron chi connectivity index (χ1n) is 5.30. The van der Waals surface area contributed by atoms with E-state index in [2.05, 4.69) is 15.3 Å². The maximum Gasteiger partial charge on any atom is 0.251 e. The summed E-state index contributed by atoms with van der Waals surface area (Å²) in [4.78, 5) is 18.3. The predicted octanol–water partition coefficient (Wildman–Crippen LogP) is 1.95. The van der Waals surface area contributed by atoms with E-state index in [9.17, 15) is 9.18 Å². The third kappa shape index (κ3) is 2.75. The van der Waals surface area contributed by atoms with Gasteiger partial charge in [-0.2, -0.15) is 0 Å². The summed E-state index contributed by atoms with van der Waals surface area (Å²) in [5.74, 6) is -0.135. The van der Waals surface area contributed by atoms with E-state index in [0.717, 1.165) is 0 Å². The zero-order chi connectivity index (χ0) is 13.1. The molecule has 0 saturated carbocycles. The first kappa shape index (κ1) is 12.7. The van der Waals surface area contributed by atoms with Gasteiger partial charge in [-0.1, -0.05) is 11.6 Å². The monoisotopic (exact) mass is 267 g/mol. The highest BCUT2D eigenvalue weighted by Crippen LogP contribution is 2.21. The molecule has 0 aliphatic heterocycles. The fraction of sp³-hybridized carbons (Fsp3) is 0.167. The van der Waals surface area contributed by atoms with Gasteiger partial charge in [0.15, 0.2) is 0 Å². The van der Waals surface area contributed by atoms with Crippen molar-refractivity contribution < 1.29 is 4.39 Å². The quantitative estimate of drug-likeness (QED) is 0.894. The van der Waals surface area contributed by atoms with Gasteiger partial charge in [0.1, 0.15) is 11.6 Å². The molecule has 1 heterocycles. The van der Waals surface area contributed by atoms with Crippen LogP contribution >= 0.6 is 11.6 Å². The maximum atomic E-state index is 13.1. The molecule has 2 rings (SSSR count). The van der Waals surface area contributed by atoms with E-state index in [4.69, 9.17) is 11.6 Å². The zero-order valence-corrected chi connectivity index (χ0v) is 10.4. The predicted molar refractivity (Wildman–Crippen MR) is 68.0 cm³/mol. The van der Waals surface area contributed by atoms with Crippen molar-refractivity contribution in [1.29, 1.82) is 0 Å². The van der Waals surface area contributed by atoms with Gasteiger partial charge in [-0.3, -0.25) is 4.79 Å². The van der Waals surface area contributed by atoms with Crippen molar-refractivity contribution in [2.45, 2.75) is 6.54 Å². The third-order valence-corrected chi connectivity index (χ3v) is 2.64. The van der Waals surface area contributed by atoms with Crippen molar-refractivity contribution in [2.75, 3.05) is 7.05 Å². The van der Waals surface area contributed by atoms with Crippen LogP contribution in [0.4, 0.5) is 4.39 Å². The average Bonchev–Trinajstić information content (AvgIpc) is 2.32. The molecule has 0 aliphatic rings. The lowest BCUT2D eigenvalue weighted by Crippen LogP contribution is -2.14. The Kier molecular flexibility index (Phi) is 3.74. The van der Waals surface area contributed by atoms with Gasteiger partial charge in [0.25, 0.3) is 5.56 Å². The highest BCUT2D eigenvalue weighted by atomic mass is 35.5. The van der Waals surface area contributed by atoms with Gasteiger partial charge in [0.2, 0.25) is 0 Å². The van der Waals surface area contributed by atoms with Crippen LogP contribution in [0.3, 0.4) is 0 Å². The summed E-state index contributed by atoms with van der Waals surface area (Å²) in [6, 6.07) is 5.59. The van der Waals surface area contributed by atoms with Crippen molar-refractivity contribution in [3.63, 3.8) is 0 Å². The summed E-state index contributed by atoms with van der Waals surface area (Å²) >= 11 is 5.70. The third-order valence-electron chi connectivity index (χ3n) is 2.35. The molecule has 0 fully saturated rings. The van der Waals surface area contributed by atoms with Gasteiger partial charge < -0.3 is 10.3 Å². The van der Waals surface area contributed by atoms with Crippen LogP contribution in [0.2, 0.25) is 5.02 Å². The number of nitrogens with zero attached hydrogens (tertiary/aromatic N) is 1. The van der Waals surface area contributed by atoms with Crippen LogP contribution in [-0.2, 0) is 6.54 Å². The average molecular weight is 268 g/mol. The number of nitrogens with one attached hydrogen (secondary N) is 2. The molecule has 0 aliphatic carbocycles. The van der Waals surface area contributed by atoms with E-state index < -0.39 is 5.82 Å². The molecule has 2 N–H and O–H groups in total. The number of rotatable bonds is 3. The molecule has 1 aromatic carbocycles. The standard InChI is InChI=1S/C12H11ClFN3O/c1-15-6-8-5-11(18)17-12(16-8)7-2-3-10(14)9(13)4-7/h2-5,15H,6H2,1H3,(H,16,17,18). The number of aromatic nitrogens is 2. The molecule has 94 valence electrons. The molecule has 0 bridgehead atoms. The van der Waals surface area contributed by atoms with E-state index in [1.165, 1.54) is 24.3 Å². The van der Waals surface area contributed by atoms with Crippen LogP contribution < -0.4 is 10.9 Å². The number of benzene rings is 1. The Labute approximate surface area is 108 Å². The summed E-state index contributed by atoms with van der Waals surface area (Å²) in [7, 11) is 1.76. The van der Waals surface area contributed by atoms with E-state index >= 15 is 0 Å². The van der Waals surface area contributed by atoms with Gasteiger partial charge in [-0.25, -0.2) is 9.37 Å². The Balaban J connectivity index is 2.49. The van der Waals surface area contributed by atoms with Crippen LogP contribution in [0.15, 0.2) is 29.1 Å². The lowest BCUT2D eigenvalue weighted by molar-refractivity contribution is 0.628. The van der Waals surface area contributed by atoms with Crippen molar-refractivity contribution in [2.24, 2.45) is 0 Å². The van der Waals surface area contributed by atoms with E-state index in [1.54, 1.807) is 7.05 Å². The molecule has 0 unspecified atom stereocenters. The topological polar surface area (TPSA) is 57.8 Å². The Hall–Kier alpha value is -1.72. The van der Waals surface area contributed by atoms with Crippen molar-refractivity contribution in [3.8, 4) is 11.4 Å². The lowest BCUT2D eigenvalue weighted by atomic mass is 10.2. The minimum absolute atomic E-state index is 0.00540. The number of halogens is 2. The second-order valence-electron chi connectivity index (χ2n) is 3.74. The minimum atomic E-state index is -0.505. The molecular weight excluding hydrogens is 257 g/mol. The van der Waals surface area contributed by atoms with Crippen molar-refractivity contribution >= 4 is 11.6 Å². The van der Waals surface area contributed by atoms with Gasteiger partial charge >= 0.3 is 0 Å². The molecule has 0 radical (unpaired) electrons. The summed E-state index contributed by atoms with van der Waals surface area (Å²) in [6.45, 7) is 0.478. The van der Waals surface area contributed by atoms with Gasteiger partial charge in [0.05, 0.1) is 10.7 Å². The van der Waals surface area contributed by atoms with Crippen LogP contribution in [0.25, 0.3) is 11.4 Å². The van der Waals surface area contributed by atoms with Crippen LogP contribution in [-0.4, -0.2) is 17.0 Å². The molecule has 4 nitrogen and oxygen atoms in total. The number of aromatic amines is 1. The number of H-pyrrole nitrogens is 1. The summed E-state index contributed by atoms with van der Waals surface area (Å²) < 4.78 is 13.1.